The SMILES string of the molecule is O=C(O)CC1(c2cccc(C3CC3)c2)CCC1. The Bertz CT molecular complexity index is 442. The van der Waals surface area contributed by atoms with Gasteiger partial charge in [0.05, 0.1) is 6.42 Å². The van der Waals surface area contributed by atoms with Crippen LogP contribution in [0.1, 0.15) is 55.6 Å². The van der Waals surface area contributed by atoms with E-state index in [4.69, 9.17) is 5.11 Å². The van der Waals surface area contributed by atoms with Gasteiger partial charge in [-0.25, -0.2) is 0 Å². The smallest absolute Gasteiger partial charge is 0.304 e. The lowest BCUT2D eigenvalue weighted by Crippen LogP contribution is -2.36. The zero-order valence-corrected chi connectivity index (χ0v) is 9.98. The van der Waals surface area contributed by atoms with E-state index in [0.717, 1.165) is 18.8 Å². The molecule has 2 fully saturated rings. The van der Waals surface area contributed by atoms with E-state index in [1.54, 1.807) is 0 Å². The zero-order chi connectivity index (χ0) is 11.9. The van der Waals surface area contributed by atoms with E-state index in [9.17, 15) is 4.79 Å². The van der Waals surface area contributed by atoms with Crippen molar-refractivity contribution in [2.24, 2.45) is 0 Å². The fraction of sp³-hybridized carbons (Fsp3) is 0.533. The number of aliphatic carboxylic acids is 1. The van der Waals surface area contributed by atoms with Crippen LogP contribution in [0, 0.1) is 0 Å². The molecule has 0 aromatic heterocycles. The van der Waals surface area contributed by atoms with Gasteiger partial charge in [0.25, 0.3) is 0 Å². The summed E-state index contributed by atoms with van der Waals surface area (Å²) in [6.07, 6.45) is 6.13. The van der Waals surface area contributed by atoms with Gasteiger partial charge in [0.15, 0.2) is 0 Å². The molecule has 2 aliphatic rings. The Kier molecular flexibility index (Phi) is 2.46. The summed E-state index contributed by atoms with van der Waals surface area (Å²) < 4.78 is 0. The molecule has 2 saturated carbocycles. The second-order valence-corrected chi connectivity index (χ2v) is 5.60. The summed E-state index contributed by atoms with van der Waals surface area (Å²) in [5, 5.41) is 9.07. The summed E-state index contributed by atoms with van der Waals surface area (Å²) in [7, 11) is 0. The largest absolute Gasteiger partial charge is 0.481 e. The van der Waals surface area contributed by atoms with Crippen molar-refractivity contribution in [3.63, 3.8) is 0 Å². The summed E-state index contributed by atoms with van der Waals surface area (Å²) >= 11 is 0. The Morgan fingerprint density at radius 3 is 2.65 bits per heavy atom. The molecule has 2 nitrogen and oxygen atoms in total. The topological polar surface area (TPSA) is 37.3 Å². The second kappa shape index (κ2) is 3.86. The molecule has 3 rings (SSSR count). The van der Waals surface area contributed by atoms with Crippen molar-refractivity contribution < 1.29 is 9.90 Å². The molecule has 0 saturated heterocycles. The molecule has 0 amide bonds. The van der Waals surface area contributed by atoms with Crippen molar-refractivity contribution in [2.45, 2.75) is 49.9 Å². The first kappa shape index (κ1) is 10.8. The Labute approximate surface area is 102 Å². The van der Waals surface area contributed by atoms with Crippen LogP contribution in [-0.2, 0) is 10.2 Å². The van der Waals surface area contributed by atoms with Gasteiger partial charge < -0.3 is 5.11 Å². The average molecular weight is 230 g/mol. The number of carboxylic acid groups (broad SMARTS) is 1. The molecule has 0 bridgehead atoms. The normalized spacial score (nSPS) is 21.9. The lowest BCUT2D eigenvalue weighted by Gasteiger charge is -2.41. The Morgan fingerprint density at radius 1 is 1.35 bits per heavy atom. The molecule has 0 heterocycles. The Morgan fingerprint density at radius 2 is 2.12 bits per heavy atom. The number of carbonyl (C=O) groups is 1. The monoisotopic (exact) mass is 230 g/mol. The molecule has 17 heavy (non-hydrogen) atoms. The van der Waals surface area contributed by atoms with Crippen LogP contribution >= 0.6 is 0 Å². The molecule has 2 heteroatoms. The number of benzene rings is 1. The fourth-order valence-corrected chi connectivity index (χ4v) is 3.00. The van der Waals surface area contributed by atoms with E-state index < -0.39 is 5.97 Å². The van der Waals surface area contributed by atoms with Crippen LogP contribution in [0.25, 0.3) is 0 Å². The Balaban J connectivity index is 1.90. The van der Waals surface area contributed by atoms with E-state index in [2.05, 4.69) is 24.3 Å². The number of rotatable bonds is 4. The van der Waals surface area contributed by atoms with Gasteiger partial charge in [-0.2, -0.15) is 0 Å². The van der Waals surface area contributed by atoms with Crippen LogP contribution in [-0.4, -0.2) is 11.1 Å². The molecule has 0 spiro atoms. The van der Waals surface area contributed by atoms with Crippen LogP contribution in [0.3, 0.4) is 0 Å². The average Bonchev–Trinajstić information content (AvgIpc) is 3.07. The summed E-state index contributed by atoms with van der Waals surface area (Å²) in [5.74, 6) is 0.0819. The van der Waals surface area contributed by atoms with Crippen LogP contribution < -0.4 is 0 Å². The first-order valence-corrected chi connectivity index (χ1v) is 6.52. The highest BCUT2D eigenvalue weighted by atomic mass is 16.4. The summed E-state index contributed by atoms with van der Waals surface area (Å²) in [6, 6.07) is 8.67. The van der Waals surface area contributed by atoms with Gasteiger partial charge in [0.1, 0.15) is 0 Å². The number of hydrogen-bond donors (Lipinski definition) is 1. The molecule has 90 valence electrons. The van der Waals surface area contributed by atoms with E-state index in [1.807, 2.05) is 0 Å². The van der Waals surface area contributed by atoms with Gasteiger partial charge in [-0.15, -0.1) is 0 Å². The maximum Gasteiger partial charge on any atom is 0.304 e. The molecule has 1 N–H and O–H groups in total. The minimum absolute atomic E-state index is 0.0588. The molecular formula is C15H18O2. The minimum Gasteiger partial charge on any atom is -0.481 e. The van der Waals surface area contributed by atoms with Crippen molar-refractivity contribution in [3.05, 3.63) is 35.4 Å². The van der Waals surface area contributed by atoms with Crippen LogP contribution in [0.15, 0.2) is 24.3 Å². The molecule has 1 aromatic carbocycles. The van der Waals surface area contributed by atoms with Gasteiger partial charge in [-0.05, 0) is 42.7 Å². The quantitative estimate of drug-likeness (QED) is 0.860. The van der Waals surface area contributed by atoms with E-state index in [0.29, 0.717) is 6.42 Å². The molecule has 2 aliphatic carbocycles. The van der Waals surface area contributed by atoms with Crippen molar-refractivity contribution in [1.82, 2.24) is 0 Å². The second-order valence-electron chi connectivity index (χ2n) is 5.60. The lowest BCUT2D eigenvalue weighted by atomic mass is 9.62. The standard InChI is InChI=1S/C15H18O2/c16-14(17)10-15(7-2-8-15)13-4-1-3-12(9-13)11-5-6-11/h1,3-4,9,11H,2,5-8,10H2,(H,16,17). The molecule has 0 atom stereocenters. The third kappa shape index (κ3) is 1.97. The fourth-order valence-electron chi connectivity index (χ4n) is 3.00. The van der Waals surface area contributed by atoms with Crippen molar-refractivity contribution in [3.8, 4) is 0 Å². The summed E-state index contributed by atoms with van der Waals surface area (Å²) in [5.41, 5.74) is 2.62. The van der Waals surface area contributed by atoms with Gasteiger partial charge in [0.2, 0.25) is 0 Å². The molecule has 0 aliphatic heterocycles. The van der Waals surface area contributed by atoms with Crippen LogP contribution in [0.5, 0.6) is 0 Å². The summed E-state index contributed by atoms with van der Waals surface area (Å²) in [6.45, 7) is 0. The van der Waals surface area contributed by atoms with Gasteiger partial charge >= 0.3 is 5.97 Å². The summed E-state index contributed by atoms with van der Waals surface area (Å²) in [4.78, 5) is 11.0. The predicted molar refractivity (Wildman–Crippen MR) is 66.2 cm³/mol. The first-order chi connectivity index (χ1) is 8.20. The third-order valence-electron chi connectivity index (χ3n) is 4.35. The molecule has 0 radical (unpaired) electrons. The highest BCUT2D eigenvalue weighted by Gasteiger charge is 2.41. The minimum atomic E-state index is -0.665. The predicted octanol–water partition coefficient (Wildman–Crippen LogP) is 3.46. The van der Waals surface area contributed by atoms with Crippen molar-refractivity contribution >= 4 is 5.97 Å². The first-order valence-electron chi connectivity index (χ1n) is 6.52. The van der Waals surface area contributed by atoms with Crippen LogP contribution in [0.2, 0.25) is 0 Å². The van der Waals surface area contributed by atoms with Crippen molar-refractivity contribution in [2.75, 3.05) is 0 Å². The maximum absolute atomic E-state index is 11.0. The molecular weight excluding hydrogens is 212 g/mol. The van der Waals surface area contributed by atoms with Gasteiger partial charge in [0, 0.05) is 5.41 Å². The Hall–Kier alpha value is -1.31. The molecule has 0 unspecified atom stereocenters. The highest BCUT2D eigenvalue weighted by molar-refractivity contribution is 5.69. The van der Waals surface area contributed by atoms with Gasteiger partial charge in [-0.3, -0.25) is 4.79 Å². The maximum atomic E-state index is 11.0. The van der Waals surface area contributed by atoms with E-state index in [-0.39, 0.29) is 5.41 Å². The molecule has 1 aromatic rings. The van der Waals surface area contributed by atoms with Crippen molar-refractivity contribution in [1.29, 1.82) is 0 Å². The lowest BCUT2D eigenvalue weighted by molar-refractivity contribution is -0.139. The van der Waals surface area contributed by atoms with Gasteiger partial charge in [-0.1, -0.05) is 30.7 Å². The number of carboxylic acids is 1. The van der Waals surface area contributed by atoms with E-state index >= 15 is 0 Å². The van der Waals surface area contributed by atoms with Crippen LogP contribution in [0.4, 0.5) is 0 Å². The highest BCUT2D eigenvalue weighted by Crippen LogP contribution is 2.48. The number of hydrogen-bond acceptors (Lipinski definition) is 1. The van der Waals surface area contributed by atoms with E-state index in [1.165, 1.54) is 30.4 Å². The zero-order valence-electron chi connectivity index (χ0n) is 9.98. The third-order valence-corrected chi connectivity index (χ3v) is 4.35.